The summed E-state index contributed by atoms with van der Waals surface area (Å²) in [4.78, 5) is 14.3. The standard InChI is InChI=1S/C19H22N4OS/c1-14-6-4-9-16(12-14)20-19(25)22-21-18(24)13-23-11-5-8-15-7-2-3-10-17(15)23/h2-4,6-7,9-10,12H,5,8,11,13H2,1H3,(H,21,24)(H2,20,22,25). The molecular formula is C19H22N4OS. The van der Waals surface area contributed by atoms with Crippen molar-refractivity contribution < 1.29 is 4.79 Å². The summed E-state index contributed by atoms with van der Waals surface area (Å²) in [7, 11) is 0. The Bertz CT molecular complexity index is 778. The van der Waals surface area contributed by atoms with E-state index in [-0.39, 0.29) is 5.91 Å². The molecule has 5 nitrogen and oxygen atoms in total. The maximum absolute atomic E-state index is 12.2. The number of fused-ring (bicyclic) bond motifs is 1. The van der Waals surface area contributed by atoms with Crippen molar-refractivity contribution in [1.82, 2.24) is 10.9 Å². The lowest BCUT2D eigenvalue weighted by molar-refractivity contribution is -0.120. The first-order valence-corrected chi connectivity index (χ1v) is 8.78. The molecule has 25 heavy (non-hydrogen) atoms. The summed E-state index contributed by atoms with van der Waals surface area (Å²) in [6.45, 7) is 3.20. The average molecular weight is 354 g/mol. The Morgan fingerprint density at radius 1 is 1.16 bits per heavy atom. The number of carbonyl (C=O) groups is 1. The predicted molar refractivity (Wildman–Crippen MR) is 106 cm³/mol. The van der Waals surface area contributed by atoms with E-state index < -0.39 is 0 Å². The number of anilines is 2. The number of hydrogen-bond donors (Lipinski definition) is 3. The first-order valence-electron chi connectivity index (χ1n) is 8.37. The van der Waals surface area contributed by atoms with E-state index >= 15 is 0 Å². The molecule has 0 aromatic heterocycles. The van der Waals surface area contributed by atoms with Gasteiger partial charge in [0.2, 0.25) is 0 Å². The molecule has 1 amide bonds. The summed E-state index contributed by atoms with van der Waals surface area (Å²) >= 11 is 5.21. The van der Waals surface area contributed by atoms with Gasteiger partial charge < -0.3 is 10.2 Å². The summed E-state index contributed by atoms with van der Waals surface area (Å²) < 4.78 is 0. The maximum Gasteiger partial charge on any atom is 0.257 e. The highest BCUT2D eigenvalue weighted by atomic mass is 32.1. The molecule has 0 unspecified atom stereocenters. The predicted octanol–water partition coefficient (Wildman–Crippen LogP) is 2.77. The molecule has 0 saturated carbocycles. The number of benzene rings is 2. The van der Waals surface area contributed by atoms with Gasteiger partial charge in [0.1, 0.15) is 0 Å². The average Bonchev–Trinajstić information content (AvgIpc) is 2.60. The summed E-state index contributed by atoms with van der Waals surface area (Å²) in [5.41, 5.74) is 9.88. The topological polar surface area (TPSA) is 56.4 Å². The molecule has 0 saturated heterocycles. The summed E-state index contributed by atoms with van der Waals surface area (Å²) in [5.74, 6) is -0.120. The summed E-state index contributed by atoms with van der Waals surface area (Å²) in [6, 6.07) is 16.1. The van der Waals surface area contributed by atoms with Gasteiger partial charge >= 0.3 is 0 Å². The van der Waals surface area contributed by atoms with Gasteiger partial charge in [0.15, 0.2) is 5.11 Å². The van der Waals surface area contributed by atoms with E-state index in [1.807, 2.05) is 43.3 Å². The van der Waals surface area contributed by atoms with Crippen LogP contribution < -0.4 is 21.1 Å². The molecule has 0 spiro atoms. The number of para-hydroxylation sites is 1. The zero-order valence-corrected chi connectivity index (χ0v) is 15.0. The van der Waals surface area contributed by atoms with Gasteiger partial charge in [-0.25, -0.2) is 0 Å². The van der Waals surface area contributed by atoms with E-state index in [1.165, 1.54) is 5.56 Å². The van der Waals surface area contributed by atoms with Crippen molar-refractivity contribution >= 4 is 34.6 Å². The van der Waals surface area contributed by atoms with Crippen LogP contribution in [0.25, 0.3) is 0 Å². The zero-order valence-electron chi connectivity index (χ0n) is 14.2. The van der Waals surface area contributed by atoms with E-state index in [9.17, 15) is 4.79 Å². The van der Waals surface area contributed by atoms with Gasteiger partial charge in [-0.3, -0.25) is 15.6 Å². The van der Waals surface area contributed by atoms with Crippen LogP contribution in [0, 0.1) is 6.92 Å². The number of amides is 1. The van der Waals surface area contributed by atoms with E-state index in [0.717, 1.165) is 36.3 Å². The van der Waals surface area contributed by atoms with Crippen LogP contribution in [0.2, 0.25) is 0 Å². The highest BCUT2D eigenvalue weighted by Crippen LogP contribution is 2.26. The molecule has 0 bridgehead atoms. The molecular weight excluding hydrogens is 332 g/mol. The number of thiocarbonyl (C=S) groups is 1. The Hall–Kier alpha value is -2.60. The fourth-order valence-corrected chi connectivity index (χ4v) is 3.17. The molecule has 1 heterocycles. The molecule has 1 aliphatic rings. The maximum atomic E-state index is 12.2. The van der Waals surface area contributed by atoms with Gasteiger partial charge in [0.25, 0.3) is 5.91 Å². The van der Waals surface area contributed by atoms with Crippen molar-refractivity contribution in [2.24, 2.45) is 0 Å². The van der Waals surface area contributed by atoms with Crippen LogP contribution in [0.4, 0.5) is 11.4 Å². The van der Waals surface area contributed by atoms with Crippen LogP contribution in [-0.4, -0.2) is 24.1 Å². The molecule has 0 atom stereocenters. The molecule has 6 heteroatoms. The Balaban J connectivity index is 1.49. The van der Waals surface area contributed by atoms with Gasteiger partial charge in [-0.2, -0.15) is 0 Å². The Kier molecular flexibility index (Phi) is 5.50. The van der Waals surface area contributed by atoms with Crippen LogP contribution >= 0.6 is 12.2 Å². The zero-order chi connectivity index (χ0) is 17.6. The van der Waals surface area contributed by atoms with Crippen molar-refractivity contribution in [1.29, 1.82) is 0 Å². The van der Waals surface area contributed by atoms with Gasteiger partial charge in [-0.15, -0.1) is 0 Å². The largest absolute Gasteiger partial charge is 0.362 e. The molecule has 3 rings (SSSR count). The quantitative estimate of drug-likeness (QED) is 0.585. The van der Waals surface area contributed by atoms with Crippen LogP contribution in [0.3, 0.4) is 0 Å². The summed E-state index contributed by atoms with van der Waals surface area (Å²) in [5, 5.41) is 3.41. The Labute approximate surface area is 153 Å². The second-order valence-corrected chi connectivity index (χ2v) is 6.56. The number of aryl methyl sites for hydroxylation is 2. The van der Waals surface area contributed by atoms with Crippen molar-refractivity contribution in [3.8, 4) is 0 Å². The number of hydrazine groups is 1. The Morgan fingerprint density at radius 3 is 2.84 bits per heavy atom. The minimum Gasteiger partial charge on any atom is -0.362 e. The number of nitrogens with zero attached hydrogens (tertiary/aromatic N) is 1. The number of nitrogens with one attached hydrogen (secondary N) is 3. The number of rotatable bonds is 3. The first kappa shape index (κ1) is 17.2. The van der Waals surface area contributed by atoms with Crippen molar-refractivity contribution in [3.05, 3.63) is 59.7 Å². The van der Waals surface area contributed by atoms with Crippen LogP contribution in [0.1, 0.15) is 17.5 Å². The summed E-state index contributed by atoms with van der Waals surface area (Å²) in [6.07, 6.45) is 2.13. The highest BCUT2D eigenvalue weighted by molar-refractivity contribution is 7.80. The van der Waals surface area contributed by atoms with Crippen LogP contribution in [0.5, 0.6) is 0 Å². The second-order valence-electron chi connectivity index (χ2n) is 6.15. The fraction of sp³-hybridized carbons (Fsp3) is 0.263. The Morgan fingerprint density at radius 2 is 2.00 bits per heavy atom. The molecule has 0 fully saturated rings. The third-order valence-electron chi connectivity index (χ3n) is 4.13. The monoisotopic (exact) mass is 354 g/mol. The lowest BCUT2D eigenvalue weighted by atomic mass is 10.0. The minimum atomic E-state index is -0.120. The highest BCUT2D eigenvalue weighted by Gasteiger charge is 2.18. The SMILES string of the molecule is Cc1cccc(NC(=S)NNC(=O)CN2CCCc3ccccc32)c1. The normalized spacial score (nSPS) is 12.9. The van der Waals surface area contributed by atoms with Crippen molar-refractivity contribution in [3.63, 3.8) is 0 Å². The third kappa shape index (κ3) is 4.70. The van der Waals surface area contributed by atoms with E-state index in [2.05, 4.69) is 33.2 Å². The molecule has 1 aliphatic heterocycles. The lowest BCUT2D eigenvalue weighted by Gasteiger charge is -2.30. The number of carbonyl (C=O) groups excluding carboxylic acids is 1. The van der Waals surface area contributed by atoms with Gasteiger partial charge in [-0.05, 0) is 61.3 Å². The van der Waals surface area contributed by atoms with E-state index in [1.54, 1.807) is 0 Å². The van der Waals surface area contributed by atoms with E-state index in [4.69, 9.17) is 12.2 Å². The molecule has 130 valence electrons. The minimum absolute atomic E-state index is 0.120. The van der Waals surface area contributed by atoms with Crippen molar-refractivity contribution in [2.75, 3.05) is 23.3 Å². The van der Waals surface area contributed by atoms with E-state index in [0.29, 0.717) is 11.7 Å². The second kappa shape index (κ2) is 7.98. The van der Waals surface area contributed by atoms with Crippen LogP contribution in [0.15, 0.2) is 48.5 Å². The van der Waals surface area contributed by atoms with Crippen molar-refractivity contribution in [2.45, 2.75) is 19.8 Å². The molecule has 2 aromatic carbocycles. The number of hydrogen-bond acceptors (Lipinski definition) is 3. The smallest absolute Gasteiger partial charge is 0.257 e. The molecule has 3 N–H and O–H groups in total. The lowest BCUT2D eigenvalue weighted by Crippen LogP contribution is -2.48. The van der Waals surface area contributed by atoms with Gasteiger partial charge in [0, 0.05) is 17.9 Å². The fourth-order valence-electron chi connectivity index (χ4n) is 3.00. The first-order chi connectivity index (χ1) is 12.1. The molecule has 0 radical (unpaired) electrons. The van der Waals surface area contributed by atoms with Gasteiger partial charge in [-0.1, -0.05) is 30.3 Å². The molecule has 2 aromatic rings. The van der Waals surface area contributed by atoms with Crippen LogP contribution in [-0.2, 0) is 11.2 Å². The molecule has 0 aliphatic carbocycles. The van der Waals surface area contributed by atoms with Gasteiger partial charge in [0.05, 0.1) is 6.54 Å². The third-order valence-corrected chi connectivity index (χ3v) is 4.34.